The minimum absolute atomic E-state index is 0.145. The van der Waals surface area contributed by atoms with Crippen LogP contribution in [0.4, 0.5) is 0 Å². The maximum absolute atomic E-state index is 11.7. The van der Waals surface area contributed by atoms with Crippen LogP contribution in [0.3, 0.4) is 0 Å². The van der Waals surface area contributed by atoms with E-state index in [1.807, 2.05) is 24.3 Å². The van der Waals surface area contributed by atoms with E-state index >= 15 is 0 Å². The Hall–Kier alpha value is -3.14. The number of carbonyl (C=O) groups is 2. The highest BCUT2D eigenvalue weighted by molar-refractivity contribution is 5.89. The second kappa shape index (κ2) is 7.40. The Bertz CT molecular complexity index is 895. The first-order valence-corrected chi connectivity index (χ1v) is 8.39. The SMILES string of the molecule is C=CC(=O)OC1Cc2ccc(-c3cccc(OC(=O)C(=C)C)c3)cc2C1. The van der Waals surface area contributed by atoms with E-state index in [0.717, 1.165) is 16.7 Å². The van der Waals surface area contributed by atoms with E-state index in [1.165, 1.54) is 11.6 Å². The molecule has 0 heterocycles. The van der Waals surface area contributed by atoms with Crippen LogP contribution < -0.4 is 4.74 Å². The van der Waals surface area contributed by atoms with Gasteiger partial charge < -0.3 is 9.47 Å². The molecule has 2 aromatic carbocycles. The van der Waals surface area contributed by atoms with Gasteiger partial charge in [-0.1, -0.05) is 43.5 Å². The van der Waals surface area contributed by atoms with Crippen LogP contribution in [0.5, 0.6) is 5.75 Å². The van der Waals surface area contributed by atoms with Gasteiger partial charge in [0.15, 0.2) is 0 Å². The highest BCUT2D eigenvalue weighted by atomic mass is 16.5. The van der Waals surface area contributed by atoms with Crippen molar-refractivity contribution in [3.63, 3.8) is 0 Å². The van der Waals surface area contributed by atoms with E-state index in [-0.39, 0.29) is 6.10 Å². The first-order valence-electron chi connectivity index (χ1n) is 8.39. The quantitative estimate of drug-likeness (QED) is 0.465. The molecule has 2 aromatic rings. The Kier molecular flexibility index (Phi) is 5.03. The topological polar surface area (TPSA) is 52.6 Å². The summed E-state index contributed by atoms with van der Waals surface area (Å²) < 4.78 is 10.6. The number of fused-ring (bicyclic) bond motifs is 1. The third kappa shape index (κ3) is 3.91. The molecular formula is C22H20O4. The summed E-state index contributed by atoms with van der Waals surface area (Å²) in [5, 5.41) is 0. The summed E-state index contributed by atoms with van der Waals surface area (Å²) in [5.74, 6) is -0.355. The Morgan fingerprint density at radius 3 is 2.54 bits per heavy atom. The molecule has 1 atom stereocenters. The lowest BCUT2D eigenvalue weighted by Crippen LogP contribution is -2.16. The Morgan fingerprint density at radius 2 is 1.81 bits per heavy atom. The van der Waals surface area contributed by atoms with E-state index < -0.39 is 11.9 Å². The highest BCUT2D eigenvalue weighted by Crippen LogP contribution is 2.31. The number of hydrogen-bond acceptors (Lipinski definition) is 4. The standard InChI is InChI=1S/C22H20O4/c1-4-21(23)25-20-12-17-9-8-16(10-18(17)13-20)15-6-5-7-19(11-15)26-22(24)14(2)3/h4-11,20H,1-2,12-13H2,3H3. The van der Waals surface area contributed by atoms with Crippen LogP contribution >= 0.6 is 0 Å². The van der Waals surface area contributed by atoms with Crippen molar-refractivity contribution < 1.29 is 19.1 Å². The van der Waals surface area contributed by atoms with Gasteiger partial charge in [-0.15, -0.1) is 0 Å². The molecule has 1 aliphatic carbocycles. The summed E-state index contributed by atoms with van der Waals surface area (Å²) in [6, 6.07) is 13.5. The van der Waals surface area contributed by atoms with Gasteiger partial charge in [0.2, 0.25) is 0 Å². The number of benzene rings is 2. The maximum atomic E-state index is 11.7. The maximum Gasteiger partial charge on any atom is 0.338 e. The lowest BCUT2D eigenvalue weighted by molar-refractivity contribution is -0.142. The number of esters is 2. The van der Waals surface area contributed by atoms with Crippen LogP contribution in [0.15, 0.2) is 67.3 Å². The molecular weight excluding hydrogens is 328 g/mol. The third-order valence-electron chi connectivity index (χ3n) is 4.28. The zero-order valence-corrected chi connectivity index (χ0v) is 14.7. The van der Waals surface area contributed by atoms with Gasteiger partial charge in [-0.3, -0.25) is 0 Å². The molecule has 0 aromatic heterocycles. The normalized spacial score (nSPS) is 15.0. The van der Waals surface area contributed by atoms with E-state index in [1.54, 1.807) is 13.0 Å². The molecule has 0 saturated carbocycles. The van der Waals surface area contributed by atoms with Crippen LogP contribution in [0.1, 0.15) is 18.1 Å². The van der Waals surface area contributed by atoms with Crippen LogP contribution in [0.2, 0.25) is 0 Å². The predicted molar refractivity (Wildman–Crippen MR) is 99.8 cm³/mol. The van der Waals surface area contributed by atoms with Gasteiger partial charge in [0, 0.05) is 24.5 Å². The second-order valence-electron chi connectivity index (χ2n) is 6.35. The minimum Gasteiger partial charge on any atom is -0.459 e. The summed E-state index contributed by atoms with van der Waals surface area (Å²) in [6.07, 6.45) is 2.44. The smallest absolute Gasteiger partial charge is 0.338 e. The number of hydrogen-bond donors (Lipinski definition) is 0. The zero-order valence-electron chi connectivity index (χ0n) is 14.7. The molecule has 132 valence electrons. The largest absolute Gasteiger partial charge is 0.459 e. The van der Waals surface area contributed by atoms with E-state index in [9.17, 15) is 9.59 Å². The molecule has 0 fully saturated rings. The van der Waals surface area contributed by atoms with Crippen molar-refractivity contribution in [2.24, 2.45) is 0 Å². The average Bonchev–Trinajstić information content (AvgIpc) is 3.02. The van der Waals surface area contributed by atoms with E-state index in [0.29, 0.717) is 24.2 Å². The van der Waals surface area contributed by atoms with Crippen molar-refractivity contribution in [2.75, 3.05) is 0 Å². The summed E-state index contributed by atoms with van der Waals surface area (Å²) >= 11 is 0. The van der Waals surface area contributed by atoms with E-state index in [4.69, 9.17) is 9.47 Å². The summed E-state index contributed by atoms with van der Waals surface area (Å²) in [5.41, 5.74) is 4.67. The van der Waals surface area contributed by atoms with Crippen molar-refractivity contribution >= 4 is 11.9 Å². The molecule has 3 rings (SSSR count). The fraction of sp³-hybridized carbons (Fsp3) is 0.182. The zero-order chi connectivity index (χ0) is 18.7. The monoisotopic (exact) mass is 348 g/mol. The Balaban J connectivity index is 1.79. The van der Waals surface area contributed by atoms with Crippen molar-refractivity contribution in [1.29, 1.82) is 0 Å². The van der Waals surface area contributed by atoms with Crippen molar-refractivity contribution in [1.82, 2.24) is 0 Å². The van der Waals surface area contributed by atoms with Gasteiger partial charge in [-0.25, -0.2) is 9.59 Å². The molecule has 0 amide bonds. The van der Waals surface area contributed by atoms with Crippen molar-refractivity contribution in [3.05, 3.63) is 78.4 Å². The van der Waals surface area contributed by atoms with Gasteiger partial charge in [0.05, 0.1) is 0 Å². The summed E-state index contributed by atoms with van der Waals surface area (Å²) in [4.78, 5) is 23.1. The first kappa shape index (κ1) is 17.7. The van der Waals surface area contributed by atoms with Crippen LogP contribution in [0, 0.1) is 0 Å². The molecule has 0 bridgehead atoms. The molecule has 0 radical (unpaired) electrons. The molecule has 4 nitrogen and oxygen atoms in total. The molecule has 0 saturated heterocycles. The van der Waals surface area contributed by atoms with Gasteiger partial charge in [-0.05, 0) is 41.3 Å². The van der Waals surface area contributed by atoms with Crippen molar-refractivity contribution in [3.8, 4) is 16.9 Å². The fourth-order valence-electron chi connectivity index (χ4n) is 2.99. The Morgan fingerprint density at radius 1 is 1.08 bits per heavy atom. The number of carbonyl (C=O) groups excluding carboxylic acids is 2. The summed E-state index contributed by atoms with van der Waals surface area (Å²) in [6.45, 7) is 8.63. The molecule has 0 aliphatic heterocycles. The van der Waals surface area contributed by atoms with Gasteiger partial charge in [0.1, 0.15) is 11.9 Å². The van der Waals surface area contributed by atoms with Crippen LogP contribution in [-0.4, -0.2) is 18.0 Å². The number of ether oxygens (including phenoxy) is 2. The van der Waals surface area contributed by atoms with E-state index in [2.05, 4.69) is 25.3 Å². The molecule has 0 N–H and O–H groups in total. The predicted octanol–water partition coefficient (Wildman–Crippen LogP) is 4.03. The molecule has 4 heteroatoms. The van der Waals surface area contributed by atoms with Crippen LogP contribution in [0.25, 0.3) is 11.1 Å². The van der Waals surface area contributed by atoms with Gasteiger partial charge in [0.25, 0.3) is 0 Å². The minimum atomic E-state index is -0.442. The second-order valence-corrected chi connectivity index (χ2v) is 6.35. The van der Waals surface area contributed by atoms with Gasteiger partial charge >= 0.3 is 11.9 Å². The lowest BCUT2D eigenvalue weighted by Gasteiger charge is -2.08. The first-order chi connectivity index (χ1) is 12.5. The molecule has 26 heavy (non-hydrogen) atoms. The third-order valence-corrected chi connectivity index (χ3v) is 4.28. The summed E-state index contributed by atoms with van der Waals surface area (Å²) in [7, 11) is 0. The average molecular weight is 348 g/mol. The highest BCUT2D eigenvalue weighted by Gasteiger charge is 2.24. The lowest BCUT2D eigenvalue weighted by atomic mass is 10.0. The number of rotatable bonds is 5. The van der Waals surface area contributed by atoms with Crippen LogP contribution in [-0.2, 0) is 27.2 Å². The molecule has 1 aliphatic rings. The Labute approximate surface area is 152 Å². The van der Waals surface area contributed by atoms with Gasteiger partial charge in [-0.2, -0.15) is 0 Å². The van der Waals surface area contributed by atoms with Crippen molar-refractivity contribution in [2.45, 2.75) is 25.9 Å². The molecule has 1 unspecified atom stereocenters. The molecule has 0 spiro atoms. The fourth-order valence-corrected chi connectivity index (χ4v) is 2.99.